The van der Waals surface area contributed by atoms with Crippen molar-refractivity contribution in [3.05, 3.63) is 76.8 Å². The molecule has 0 spiro atoms. The topological polar surface area (TPSA) is 98.5 Å². The van der Waals surface area contributed by atoms with E-state index in [2.05, 4.69) is 5.32 Å². The van der Waals surface area contributed by atoms with Gasteiger partial charge in [-0.15, -0.1) is 11.8 Å². The van der Waals surface area contributed by atoms with E-state index in [-0.39, 0.29) is 11.4 Å². The van der Waals surface area contributed by atoms with Gasteiger partial charge in [-0.3, -0.25) is 19.7 Å². The molecule has 8 heteroatoms. The van der Waals surface area contributed by atoms with E-state index in [4.69, 9.17) is 4.74 Å². The van der Waals surface area contributed by atoms with Crippen molar-refractivity contribution in [2.24, 2.45) is 0 Å². The Labute approximate surface area is 164 Å². The van der Waals surface area contributed by atoms with Crippen molar-refractivity contribution in [2.75, 3.05) is 17.7 Å². The summed E-state index contributed by atoms with van der Waals surface area (Å²) in [6, 6.07) is 19.4. The lowest BCUT2D eigenvalue weighted by molar-refractivity contribution is -0.387. The Morgan fingerprint density at radius 1 is 1.00 bits per heavy atom. The molecule has 0 aromatic heterocycles. The van der Waals surface area contributed by atoms with Crippen molar-refractivity contribution in [2.45, 2.75) is 4.90 Å². The van der Waals surface area contributed by atoms with Gasteiger partial charge in [-0.1, -0.05) is 42.5 Å². The molecule has 3 rings (SSSR count). The first-order valence-electron chi connectivity index (χ1n) is 8.33. The molecule has 0 saturated carbocycles. The van der Waals surface area contributed by atoms with E-state index >= 15 is 0 Å². The number of nitro benzene ring substituents is 1. The smallest absolute Gasteiger partial charge is 0.316 e. The van der Waals surface area contributed by atoms with Crippen LogP contribution in [-0.2, 0) is 14.3 Å². The predicted molar refractivity (Wildman–Crippen MR) is 107 cm³/mol. The van der Waals surface area contributed by atoms with Gasteiger partial charge in [0.15, 0.2) is 6.61 Å². The Morgan fingerprint density at radius 3 is 2.50 bits per heavy atom. The summed E-state index contributed by atoms with van der Waals surface area (Å²) >= 11 is 0.993. The van der Waals surface area contributed by atoms with Crippen LogP contribution < -0.4 is 5.32 Å². The van der Waals surface area contributed by atoms with E-state index < -0.39 is 23.4 Å². The van der Waals surface area contributed by atoms with Gasteiger partial charge in [0.05, 0.1) is 15.6 Å². The molecule has 1 N–H and O–H groups in total. The Balaban J connectivity index is 1.49. The zero-order valence-electron chi connectivity index (χ0n) is 14.7. The molecule has 0 bridgehead atoms. The molecule has 0 heterocycles. The number of carbonyl (C=O) groups is 2. The lowest BCUT2D eigenvalue weighted by atomic mass is 10.1. The number of esters is 1. The molecule has 0 aliphatic heterocycles. The van der Waals surface area contributed by atoms with E-state index in [1.54, 1.807) is 24.3 Å². The number of ether oxygens (including phenoxy) is 1. The number of thioether (sulfide) groups is 1. The molecule has 3 aromatic carbocycles. The second-order valence-electron chi connectivity index (χ2n) is 5.78. The van der Waals surface area contributed by atoms with Crippen molar-refractivity contribution < 1.29 is 19.2 Å². The van der Waals surface area contributed by atoms with Gasteiger partial charge in [0, 0.05) is 11.8 Å². The van der Waals surface area contributed by atoms with Gasteiger partial charge in [-0.2, -0.15) is 0 Å². The molecule has 0 saturated heterocycles. The number of hydrogen-bond acceptors (Lipinski definition) is 6. The van der Waals surface area contributed by atoms with Crippen LogP contribution in [0.2, 0.25) is 0 Å². The van der Waals surface area contributed by atoms with Gasteiger partial charge in [0.25, 0.3) is 11.6 Å². The first-order chi connectivity index (χ1) is 13.5. The van der Waals surface area contributed by atoms with Crippen LogP contribution in [-0.4, -0.2) is 29.2 Å². The third-order valence-electron chi connectivity index (χ3n) is 3.80. The molecule has 142 valence electrons. The Hall–Kier alpha value is -3.39. The normalized spacial score (nSPS) is 10.4. The first kappa shape index (κ1) is 19.4. The standard InChI is InChI=1S/C20H16N2O5S/c23-19(21-16-10-9-14-5-1-2-6-15(14)11-16)12-27-20(24)13-28-18-8-4-3-7-17(18)22(25)26/h1-11H,12-13H2,(H,21,23). The van der Waals surface area contributed by atoms with Gasteiger partial charge in [0.2, 0.25) is 0 Å². The number of hydrogen-bond donors (Lipinski definition) is 1. The van der Waals surface area contributed by atoms with E-state index in [1.165, 1.54) is 6.07 Å². The van der Waals surface area contributed by atoms with Crippen LogP contribution in [0.5, 0.6) is 0 Å². The lowest BCUT2D eigenvalue weighted by Crippen LogP contribution is -2.21. The van der Waals surface area contributed by atoms with Gasteiger partial charge in [0.1, 0.15) is 0 Å². The molecule has 0 fully saturated rings. The maximum atomic E-state index is 12.0. The minimum atomic E-state index is -0.628. The van der Waals surface area contributed by atoms with Crippen molar-refractivity contribution in [1.29, 1.82) is 0 Å². The zero-order valence-corrected chi connectivity index (χ0v) is 15.5. The average molecular weight is 396 g/mol. The molecule has 0 atom stereocenters. The molecule has 7 nitrogen and oxygen atoms in total. The molecular weight excluding hydrogens is 380 g/mol. The molecule has 0 aliphatic rings. The summed E-state index contributed by atoms with van der Waals surface area (Å²) in [5, 5.41) is 15.7. The maximum Gasteiger partial charge on any atom is 0.316 e. The number of rotatable bonds is 7. The van der Waals surface area contributed by atoms with Gasteiger partial charge in [-0.25, -0.2) is 0 Å². The van der Waals surface area contributed by atoms with Crippen LogP contribution in [0.25, 0.3) is 10.8 Å². The molecule has 1 amide bonds. The fraction of sp³-hybridized carbons (Fsp3) is 0.100. The predicted octanol–water partition coefficient (Wildman–Crippen LogP) is 4.02. The van der Waals surface area contributed by atoms with Gasteiger partial charge in [-0.05, 0) is 29.0 Å². The zero-order chi connectivity index (χ0) is 19.9. The van der Waals surface area contributed by atoms with Crippen LogP contribution in [0, 0.1) is 10.1 Å². The van der Waals surface area contributed by atoms with Crippen LogP contribution in [0.1, 0.15) is 0 Å². The molecule has 0 unspecified atom stereocenters. The summed E-state index contributed by atoms with van der Waals surface area (Å²) in [7, 11) is 0. The van der Waals surface area contributed by atoms with Crippen LogP contribution in [0.15, 0.2) is 71.6 Å². The van der Waals surface area contributed by atoms with Gasteiger partial charge >= 0.3 is 5.97 Å². The highest BCUT2D eigenvalue weighted by atomic mass is 32.2. The third kappa shape index (κ3) is 5.08. The second-order valence-corrected chi connectivity index (χ2v) is 6.80. The first-order valence-corrected chi connectivity index (χ1v) is 9.32. The van der Waals surface area contributed by atoms with Gasteiger partial charge < -0.3 is 10.1 Å². The summed E-state index contributed by atoms with van der Waals surface area (Å²) in [6.45, 7) is -0.427. The van der Waals surface area contributed by atoms with Crippen LogP contribution in [0.4, 0.5) is 11.4 Å². The van der Waals surface area contributed by atoms with E-state index in [1.807, 2.05) is 36.4 Å². The third-order valence-corrected chi connectivity index (χ3v) is 4.84. The molecular formula is C20H16N2O5S. The summed E-state index contributed by atoms with van der Waals surface area (Å²) in [5.74, 6) is -1.22. The number of para-hydroxylation sites is 1. The monoisotopic (exact) mass is 396 g/mol. The summed E-state index contributed by atoms with van der Waals surface area (Å²) < 4.78 is 4.94. The maximum absolute atomic E-state index is 12.0. The van der Waals surface area contributed by atoms with E-state index in [9.17, 15) is 19.7 Å². The number of nitrogens with zero attached hydrogens (tertiary/aromatic N) is 1. The highest BCUT2D eigenvalue weighted by Crippen LogP contribution is 2.28. The highest BCUT2D eigenvalue weighted by Gasteiger charge is 2.15. The Bertz CT molecular complexity index is 1040. The van der Waals surface area contributed by atoms with Crippen molar-refractivity contribution in [3.8, 4) is 0 Å². The lowest BCUT2D eigenvalue weighted by Gasteiger charge is -2.08. The molecule has 0 radical (unpaired) electrons. The minimum Gasteiger partial charge on any atom is -0.455 e. The molecule has 3 aromatic rings. The fourth-order valence-electron chi connectivity index (χ4n) is 2.52. The number of fused-ring (bicyclic) bond motifs is 1. The number of nitro groups is 1. The minimum absolute atomic E-state index is 0.0747. The van der Waals surface area contributed by atoms with E-state index in [0.29, 0.717) is 10.6 Å². The van der Waals surface area contributed by atoms with Crippen molar-refractivity contribution >= 4 is 45.8 Å². The molecule has 28 heavy (non-hydrogen) atoms. The second kappa shape index (κ2) is 9.01. The Morgan fingerprint density at radius 2 is 1.71 bits per heavy atom. The average Bonchev–Trinajstić information content (AvgIpc) is 2.70. The molecule has 0 aliphatic carbocycles. The summed E-state index contributed by atoms with van der Waals surface area (Å²) in [4.78, 5) is 34.6. The van der Waals surface area contributed by atoms with Crippen molar-refractivity contribution in [3.63, 3.8) is 0 Å². The van der Waals surface area contributed by atoms with Crippen LogP contribution in [0.3, 0.4) is 0 Å². The number of anilines is 1. The number of nitrogens with one attached hydrogen (secondary N) is 1. The van der Waals surface area contributed by atoms with E-state index in [0.717, 1.165) is 22.5 Å². The Kier molecular flexibility index (Phi) is 6.23. The number of amides is 1. The largest absolute Gasteiger partial charge is 0.455 e. The van der Waals surface area contributed by atoms with Crippen LogP contribution >= 0.6 is 11.8 Å². The summed E-state index contributed by atoms with van der Waals surface area (Å²) in [6.07, 6.45) is 0. The summed E-state index contributed by atoms with van der Waals surface area (Å²) in [5.41, 5.74) is 0.531. The number of benzene rings is 3. The fourth-order valence-corrected chi connectivity index (χ4v) is 3.34. The number of carbonyl (C=O) groups excluding carboxylic acids is 2. The SMILES string of the molecule is O=C(COC(=O)CSc1ccccc1[N+](=O)[O-])Nc1ccc2ccccc2c1. The van der Waals surface area contributed by atoms with Crippen molar-refractivity contribution in [1.82, 2.24) is 0 Å². The highest BCUT2D eigenvalue weighted by molar-refractivity contribution is 8.00. The quantitative estimate of drug-likeness (QED) is 0.280.